The van der Waals surface area contributed by atoms with Gasteiger partial charge in [-0.05, 0) is 41.3 Å². The van der Waals surface area contributed by atoms with Gasteiger partial charge in [0.05, 0.1) is 11.7 Å². The number of rotatable bonds is 4. The smallest absolute Gasteiger partial charge is 0.323 e. The van der Waals surface area contributed by atoms with E-state index < -0.39 is 24.7 Å². The minimum atomic E-state index is -4.50. The Morgan fingerprint density at radius 1 is 1.42 bits per heavy atom. The number of alkyl halides is 3. The Hall–Kier alpha value is -2.52. The second-order valence-corrected chi connectivity index (χ2v) is 5.60. The molecule has 10 heteroatoms. The van der Waals surface area contributed by atoms with Gasteiger partial charge in [0.1, 0.15) is 19.4 Å². The highest BCUT2D eigenvalue weighted by atomic mass is 19.4. The molecule has 0 aliphatic heterocycles. The van der Waals surface area contributed by atoms with Crippen molar-refractivity contribution >= 4 is 5.91 Å². The van der Waals surface area contributed by atoms with Crippen LogP contribution in [0.5, 0.6) is 0 Å². The van der Waals surface area contributed by atoms with Crippen LogP contribution in [0.3, 0.4) is 0 Å². The summed E-state index contributed by atoms with van der Waals surface area (Å²) in [7, 11) is 0. The van der Waals surface area contributed by atoms with Crippen LogP contribution in [-0.2, 0) is 17.8 Å². The van der Waals surface area contributed by atoms with E-state index in [-0.39, 0.29) is 6.54 Å². The summed E-state index contributed by atoms with van der Waals surface area (Å²) in [6, 6.07) is 2.89. The normalized spacial score (nSPS) is 17.4. The third kappa shape index (κ3) is 3.69. The molecule has 0 bridgehead atoms. The second-order valence-electron chi connectivity index (χ2n) is 5.60. The summed E-state index contributed by atoms with van der Waals surface area (Å²) in [6.45, 7) is -1.67. The maximum absolute atomic E-state index is 13.0. The molecule has 0 N–H and O–H groups in total. The van der Waals surface area contributed by atoms with Crippen LogP contribution in [0.25, 0.3) is 0 Å². The molecular formula is C14H15F3N6O. The van der Waals surface area contributed by atoms with Crippen LogP contribution in [0.4, 0.5) is 13.2 Å². The molecule has 128 valence electrons. The molecule has 0 saturated heterocycles. The van der Waals surface area contributed by atoms with Crippen molar-refractivity contribution in [2.75, 3.05) is 6.54 Å². The number of fused-ring (bicyclic) bond motifs is 1. The van der Waals surface area contributed by atoms with Gasteiger partial charge in [0.2, 0.25) is 5.91 Å². The first-order chi connectivity index (χ1) is 11.4. The molecule has 3 rings (SSSR count). The highest BCUT2D eigenvalue weighted by molar-refractivity contribution is 5.76. The maximum atomic E-state index is 13.0. The van der Waals surface area contributed by atoms with E-state index in [9.17, 15) is 18.0 Å². The molecule has 1 atom stereocenters. The van der Waals surface area contributed by atoms with Gasteiger partial charge in [0.15, 0.2) is 0 Å². The zero-order chi connectivity index (χ0) is 17.2. The monoisotopic (exact) mass is 340 g/mol. The van der Waals surface area contributed by atoms with Gasteiger partial charge in [0.25, 0.3) is 0 Å². The first-order valence-electron chi connectivity index (χ1n) is 7.45. The molecule has 0 saturated carbocycles. The number of amides is 1. The molecule has 2 aromatic rings. The van der Waals surface area contributed by atoms with E-state index in [2.05, 4.69) is 20.5 Å². The fraction of sp³-hybridized carbons (Fsp3) is 0.500. The number of carbonyl (C=O) groups is 1. The Morgan fingerprint density at radius 2 is 2.25 bits per heavy atom. The number of halogens is 3. The number of hydrogen-bond acceptors (Lipinski definition) is 5. The van der Waals surface area contributed by atoms with Crippen LogP contribution in [0.1, 0.15) is 30.1 Å². The lowest BCUT2D eigenvalue weighted by molar-refractivity contribution is -0.167. The van der Waals surface area contributed by atoms with Crippen LogP contribution in [0, 0.1) is 0 Å². The van der Waals surface area contributed by atoms with Gasteiger partial charge in [0, 0.05) is 6.20 Å². The Morgan fingerprint density at radius 3 is 2.96 bits per heavy atom. The molecule has 7 nitrogen and oxygen atoms in total. The van der Waals surface area contributed by atoms with Crippen LogP contribution in [0.2, 0.25) is 0 Å². The van der Waals surface area contributed by atoms with E-state index >= 15 is 0 Å². The molecule has 1 aliphatic rings. The van der Waals surface area contributed by atoms with Crippen LogP contribution >= 0.6 is 0 Å². The summed E-state index contributed by atoms with van der Waals surface area (Å²) < 4.78 is 40.1. The molecule has 1 amide bonds. The fourth-order valence-corrected chi connectivity index (χ4v) is 2.94. The van der Waals surface area contributed by atoms with E-state index in [0.29, 0.717) is 18.5 Å². The topological polar surface area (TPSA) is 76.8 Å². The van der Waals surface area contributed by atoms with Gasteiger partial charge in [-0.15, -0.1) is 5.10 Å². The molecule has 24 heavy (non-hydrogen) atoms. The number of tetrazole rings is 1. The minimum absolute atomic E-state index is 0.345. The van der Waals surface area contributed by atoms with Crippen molar-refractivity contribution in [1.82, 2.24) is 30.1 Å². The summed E-state index contributed by atoms with van der Waals surface area (Å²) in [6.07, 6.45) is 0.131. The molecule has 0 fully saturated rings. The number of nitrogens with zero attached hydrogens (tertiary/aromatic N) is 6. The standard InChI is InChI=1S/C14H15F3N6O/c15-14(16,17)8-23(12(24)7-22-9-19-20-21-22)11-5-1-3-10-4-2-6-18-13(10)11/h2,4,6,9,11H,1,3,5,7-8H2/t11-/m0/s1. The second kappa shape index (κ2) is 6.54. The minimum Gasteiger partial charge on any atom is -0.323 e. The Balaban J connectivity index is 1.89. The van der Waals surface area contributed by atoms with Crippen molar-refractivity contribution in [1.29, 1.82) is 0 Å². The largest absolute Gasteiger partial charge is 0.406 e. The molecule has 1 aliphatic carbocycles. The molecule has 0 unspecified atom stereocenters. The van der Waals surface area contributed by atoms with Crippen molar-refractivity contribution in [3.8, 4) is 0 Å². The summed E-state index contributed by atoms with van der Waals surface area (Å²) in [5.41, 5.74) is 1.43. The van der Waals surface area contributed by atoms with Gasteiger partial charge in [-0.1, -0.05) is 6.07 Å². The molecule has 0 spiro atoms. The summed E-state index contributed by atoms with van der Waals surface area (Å²) in [5.74, 6) is -0.692. The Labute approximate surface area is 135 Å². The summed E-state index contributed by atoms with van der Waals surface area (Å²) in [4.78, 5) is 17.5. The molecular weight excluding hydrogens is 325 g/mol. The fourth-order valence-electron chi connectivity index (χ4n) is 2.94. The number of carbonyl (C=O) groups excluding carboxylic acids is 1. The highest BCUT2D eigenvalue weighted by Gasteiger charge is 2.39. The molecule has 0 radical (unpaired) electrons. The van der Waals surface area contributed by atoms with E-state index in [1.54, 1.807) is 6.07 Å². The van der Waals surface area contributed by atoms with E-state index in [4.69, 9.17) is 0 Å². The first kappa shape index (κ1) is 16.3. The quantitative estimate of drug-likeness (QED) is 0.844. The molecule has 2 heterocycles. The molecule has 2 aromatic heterocycles. The lowest BCUT2D eigenvalue weighted by Gasteiger charge is -2.35. The van der Waals surface area contributed by atoms with E-state index in [1.165, 1.54) is 12.5 Å². The van der Waals surface area contributed by atoms with Gasteiger partial charge in [-0.25, -0.2) is 4.68 Å². The lowest BCUT2D eigenvalue weighted by Crippen LogP contribution is -2.44. The zero-order valence-electron chi connectivity index (χ0n) is 12.6. The lowest BCUT2D eigenvalue weighted by atomic mass is 9.90. The van der Waals surface area contributed by atoms with Gasteiger partial charge >= 0.3 is 6.18 Å². The van der Waals surface area contributed by atoms with Gasteiger partial charge in [-0.3, -0.25) is 9.78 Å². The summed E-state index contributed by atoms with van der Waals surface area (Å²) in [5, 5.41) is 10.3. The van der Waals surface area contributed by atoms with Crippen LogP contribution in [-0.4, -0.2) is 48.7 Å². The van der Waals surface area contributed by atoms with Gasteiger partial charge < -0.3 is 4.90 Å². The maximum Gasteiger partial charge on any atom is 0.406 e. The zero-order valence-corrected chi connectivity index (χ0v) is 12.6. The van der Waals surface area contributed by atoms with Crippen molar-refractivity contribution in [2.45, 2.75) is 38.0 Å². The first-order valence-corrected chi connectivity index (χ1v) is 7.45. The van der Waals surface area contributed by atoms with Crippen molar-refractivity contribution in [2.24, 2.45) is 0 Å². The predicted octanol–water partition coefficient (Wildman–Crippen LogP) is 1.54. The van der Waals surface area contributed by atoms with Crippen molar-refractivity contribution in [3.63, 3.8) is 0 Å². The number of aryl methyl sites for hydroxylation is 1. The summed E-state index contributed by atoms with van der Waals surface area (Å²) >= 11 is 0. The average molecular weight is 340 g/mol. The number of hydrogen-bond donors (Lipinski definition) is 0. The third-order valence-electron chi connectivity index (χ3n) is 3.90. The number of pyridine rings is 1. The highest BCUT2D eigenvalue weighted by Crippen LogP contribution is 2.34. The SMILES string of the molecule is O=C(Cn1cnnn1)N(CC(F)(F)F)[C@H]1CCCc2cccnc21. The molecule has 0 aromatic carbocycles. The predicted molar refractivity (Wildman–Crippen MR) is 75.5 cm³/mol. The van der Waals surface area contributed by atoms with Gasteiger partial charge in [-0.2, -0.15) is 13.2 Å². The van der Waals surface area contributed by atoms with E-state index in [0.717, 1.165) is 21.6 Å². The van der Waals surface area contributed by atoms with Crippen LogP contribution < -0.4 is 0 Å². The van der Waals surface area contributed by atoms with E-state index in [1.807, 2.05) is 6.07 Å². The average Bonchev–Trinajstić information content (AvgIpc) is 3.04. The van der Waals surface area contributed by atoms with Crippen molar-refractivity contribution < 1.29 is 18.0 Å². The third-order valence-corrected chi connectivity index (χ3v) is 3.90. The Kier molecular flexibility index (Phi) is 4.45. The Bertz CT molecular complexity index is 703. The van der Waals surface area contributed by atoms with Crippen LogP contribution in [0.15, 0.2) is 24.7 Å². The number of aromatic nitrogens is 5. The van der Waals surface area contributed by atoms with Crippen molar-refractivity contribution in [3.05, 3.63) is 35.9 Å².